The van der Waals surface area contributed by atoms with E-state index in [1.54, 1.807) is 66.7 Å². The molecule has 178 valence electrons. The van der Waals surface area contributed by atoms with Gasteiger partial charge in [-0.3, -0.25) is 19.4 Å². The zero-order valence-electron chi connectivity index (χ0n) is 18.7. The maximum absolute atomic E-state index is 14.8. The maximum Gasteiger partial charge on any atom is 0.268 e. The summed E-state index contributed by atoms with van der Waals surface area (Å²) in [5.41, 5.74) is 3.86. The van der Waals surface area contributed by atoms with Crippen LogP contribution in [0.15, 0.2) is 77.3 Å². The minimum Gasteiger partial charge on any atom is -0.494 e. The van der Waals surface area contributed by atoms with Crippen molar-refractivity contribution in [3.63, 3.8) is 0 Å². The Morgan fingerprint density at radius 1 is 1.03 bits per heavy atom. The Morgan fingerprint density at radius 3 is 2.46 bits per heavy atom. The molecule has 0 spiro atoms. The Bertz CT molecular complexity index is 1320. The highest BCUT2D eigenvalue weighted by Crippen LogP contribution is 2.43. The van der Waals surface area contributed by atoms with Gasteiger partial charge in [0.05, 0.1) is 24.3 Å². The summed E-state index contributed by atoms with van der Waals surface area (Å²) < 4.78 is 20.9. The van der Waals surface area contributed by atoms with Gasteiger partial charge in [-0.05, 0) is 55.5 Å². The minimum absolute atomic E-state index is 0.210. The second-order valence-corrected chi connectivity index (χ2v) is 9.14. The monoisotopic (exact) mass is 537 g/mol. The van der Waals surface area contributed by atoms with Gasteiger partial charge in [0, 0.05) is 15.6 Å². The Morgan fingerprint density at radius 2 is 1.77 bits per heavy atom. The van der Waals surface area contributed by atoms with Crippen molar-refractivity contribution in [2.45, 2.75) is 19.0 Å². The Labute approximate surface area is 209 Å². The van der Waals surface area contributed by atoms with Gasteiger partial charge in [0.15, 0.2) is 0 Å². The number of benzene rings is 3. The molecule has 2 heterocycles. The van der Waals surface area contributed by atoms with Crippen molar-refractivity contribution < 1.29 is 23.5 Å². The van der Waals surface area contributed by atoms with Crippen LogP contribution in [-0.4, -0.2) is 35.4 Å². The third-order valence-electron chi connectivity index (χ3n) is 6.17. The molecule has 5 rings (SSSR count). The van der Waals surface area contributed by atoms with Gasteiger partial charge in [-0.15, -0.1) is 0 Å². The lowest BCUT2D eigenvalue weighted by molar-refractivity contribution is -0.123. The SMILES string of the molecule is CCOc1ccc(N2C(=O)[C@H]3[C@@H](C2=O)N(C(=O)c2cccc(Br)c2)N[C@H]3c2ccccc2F)cc1. The highest BCUT2D eigenvalue weighted by atomic mass is 79.9. The molecule has 0 radical (unpaired) electrons. The number of rotatable bonds is 5. The highest BCUT2D eigenvalue weighted by Gasteiger charge is 2.60. The average molecular weight is 538 g/mol. The number of carbonyl (C=O) groups excluding carboxylic acids is 3. The van der Waals surface area contributed by atoms with Crippen LogP contribution in [0, 0.1) is 11.7 Å². The van der Waals surface area contributed by atoms with Crippen molar-refractivity contribution >= 4 is 39.3 Å². The van der Waals surface area contributed by atoms with E-state index in [4.69, 9.17) is 4.74 Å². The molecule has 2 aliphatic heterocycles. The van der Waals surface area contributed by atoms with Crippen molar-refractivity contribution in [3.8, 4) is 5.75 Å². The summed E-state index contributed by atoms with van der Waals surface area (Å²) in [7, 11) is 0. The van der Waals surface area contributed by atoms with Gasteiger partial charge in [0.1, 0.15) is 17.6 Å². The molecule has 2 saturated heterocycles. The molecule has 7 nitrogen and oxygen atoms in total. The standard InChI is InChI=1S/C26H21BrFN3O4/c1-2-35-18-12-10-17(11-13-18)30-25(33)21-22(19-8-3-4-9-20(19)28)29-31(23(21)26(30)34)24(32)15-6-5-7-16(27)14-15/h3-14,21-23,29H,2H2,1H3/t21-,22+,23+/m1/s1. The second-order valence-electron chi connectivity index (χ2n) is 8.22. The molecule has 2 fully saturated rings. The van der Waals surface area contributed by atoms with Crippen LogP contribution in [0.2, 0.25) is 0 Å². The Balaban J connectivity index is 1.56. The Kier molecular flexibility index (Phi) is 6.12. The average Bonchev–Trinajstić information content (AvgIpc) is 3.36. The van der Waals surface area contributed by atoms with Crippen LogP contribution in [0.4, 0.5) is 10.1 Å². The number of ether oxygens (including phenoxy) is 1. The molecule has 3 atom stereocenters. The first-order valence-electron chi connectivity index (χ1n) is 11.1. The number of hydrogen-bond acceptors (Lipinski definition) is 5. The summed E-state index contributed by atoms with van der Waals surface area (Å²) in [6, 6.07) is 17.3. The fraction of sp³-hybridized carbons (Fsp3) is 0.192. The van der Waals surface area contributed by atoms with Crippen molar-refractivity contribution in [1.29, 1.82) is 0 Å². The van der Waals surface area contributed by atoms with E-state index in [0.717, 1.165) is 4.90 Å². The fourth-order valence-electron chi connectivity index (χ4n) is 4.63. The van der Waals surface area contributed by atoms with Gasteiger partial charge in [-0.25, -0.2) is 14.7 Å². The van der Waals surface area contributed by atoms with Crippen molar-refractivity contribution in [2.24, 2.45) is 5.92 Å². The first kappa shape index (κ1) is 23.2. The summed E-state index contributed by atoms with van der Waals surface area (Å²) in [6.45, 7) is 2.34. The van der Waals surface area contributed by atoms with E-state index >= 15 is 0 Å². The fourth-order valence-corrected chi connectivity index (χ4v) is 5.03. The van der Waals surface area contributed by atoms with Gasteiger partial charge < -0.3 is 4.74 Å². The number of hydrazine groups is 1. The molecule has 0 aromatic heterocycles. The number of nitrogens with zero attached hydrogens (tertiary/aromatic N) is 2. The number of imide groups is 1. The van der Waals surface area contributed by atoms with E-state index in [-0.39, 0.29) is 5.56 Å². The number of hydrogen-bond donors (Lipinski definition) is 1. The molecule has 0 unspecified atom stereocenters. The lowest BCUT2D eigenvalue weighted by atomic mass is 9.90. The predicted octanol–water partition coefficient (Wildman–Crippen LogP) is 4.25. The van der Waals surface area contributed by atoms with Crippen molar-refractivity contribution in [2.75, 3.05) is 11.5 Å². The first-order valence-corrected chi connectivity index (χ1v) is 11.9. The Hall–Kier alpha value is -3.56. The summed E-state index contributed by atoms with van der Waals surface area (Å²) >= 11 is 3.35. The quantitative estimate of drug-likeness (QED) is 0.492. The van der Waals surface area contributed by atoms with Crippen LogP contribution in [0.5, 0.6) is 5.75 Å². The van der Waals surface area contributed by atoms with E-state index in [2.05, 4.69) is 21.4 Å². The normalized spacial score (nSPS) is 21.4. The van der Waals surface area contributed by atoms with Crippen LogP contribution in [0.1, 0.15) is 28.9 Å². The van der Waals surface area contributed by atoms with E-state index in [1.807, 2.05) is 6.92 Å². The molecular formula is C26H21BrFN3O4. The number of anilines is 1. The molecule has 0 saturated carbocycles. The highest BCUT2D eigenvalue weighted by molar-refractivity contribution is 9.10. The van der Waals surface area contributed by atoms with Gasteiger partial charge in [0.25, 0.3) is 11.8 Å². The summed E-state index contributed by atoms with van der Waals surface area (Å²) in [5, 5.41) is 1.17. The molecule has 35 heavy (non-hydrogen) atoms. The van der Waals surface area contributed by atoms with Crippen LogP contribution in [0.3, 0.4) is 0 Å². The predicted molar refractivity (Wildman–Crippen MR) is 130 cm³/mol. The molecule has 2 aliphatic rings. The molecule has 0 aliphatic carbocycles. The minimum atomic E-state index is -1.13. The van der Waals surface area contributed by atoms with Crippen LogP contribution in [-0.2, 0) is 9.59 Å². The smallest absolute Gasteiger partial charge is 0.268 e. The van der Waals surface area contributed by atoms with Gasteiger partial charge in [-0.2, -0.15) is 0 Å². The molecule has 3 amide bonds. The van der Waals surface area contributed by atoms with Crippen LogP contribution < -0.4 is 15.1 Å². The first-order chi connectivity index (χ1) is 16.9. The largest absolute Gasteiger partial charge is 0.494 e. The van der Waals surface area contributed by atoms with E-state index in [9.17, 15) is 18.8 Å². The zero-order valence-corrected chi connectivity index (χ0v) is 20.2. The number of halogens is 2. The topological polar surface area (TPSA) is 79.0 Å². The van der Waals surface area contributed by atoms with Crippen LogP contribution >= 0.6 is 15.9 Å². The molecule has 3 aromatic rings. The second kappa shape index (κ2) is 9.24. The maximum atomic E-state index is 14.8. The van der Waals surface area contributed by atoms with Gasteiger partial charge >= 0.3 is 0 Å². The summed E-state index contributed by atoms with van der Waals surface area (Å²) in [4.78, 5) is 41.8. The van der Waals surface area contributed by atoms with Crippen molar-refractivity contribution in [3.05, 3.63) is 94.2 Å². The number of fused-ring (bicyclic) bond motifs is 1. The van der Waals surface area contributed by atoms with Crippen molar-refractivity contribution in [1.82, 2.24) is 10.4 Å². The van der Waals surface area contributed by atoms with Gasteiger partial charge in [0.2, 0.25) is 5.91 Å². The van der Waals surface area contributed by atoms with E-state index in [1.165, 1.54) is 11.1 Å². The molecule has 0 bridgehead atoms. The molecule has 1 N–H and O–H groups in total. The summed E-state index contributed by atoms with van der Waals surface area (Å²) in [6.07, 6.45) is 0. The zero-order chi connectivity index (χ0) is 24.7. The molecule has 9 heteroatoms. The lowest BCUT2D eigenvalue weighted by Gasteiger charge is -2.25. The third-order valence-corrected chi connectivity index (χ3v) is 6.66. The molecule has 3 aromatic carbocycles. The number of carbonyl (C=O) groups is 3. The van der Waals surface area contributed by atoms with Gasteiger partial charge in [-0.1, -0.05) is 40.2 Å². The van der Waals surface area contributed by atoms with E-state index < -0.39 is 41.5 Å². The number of amides is 3. The van der Waals surface area contributed by atoms with Crippen LogP contribution in [0.25, 0.3) is 0 Å². The number of nitrogens with one attached hydrogen (secondary N) is 1. The lowest BCUT2D eigenvalue weighted by Crippen LogP contribution is -2.48. The molecular weight excluding hydrogens is 517 g/mol. The third kappa shape index (κ3) is 4.00. The summed E-state index contributed by atoms with van der Waals surface area (Å²) in [5.74, 6) is -2.47. The van der Waals surface area contributed by atoms with E-state index in [0.29, 0.717) is 28.1 Å².